The monoisotopic (exact) mass is 303 g/mol. The molecular weight excluding hydrogens is 286 g/mol. The Labute approximate surface area is 127 Å². The van der Waals surface area contributed by atoms with Crippen LogP contribution in [0, 0.1) is 0 Å². The molecule has 0 radical (unpaired) electrons. The highest BCUT2D eigenvalue weighted by molar-refractivity contribution is 6.10. The summed E-state index contributed by atoms with van der Waals surface area (Å²) in [6.45, 7) is 4.08. The highest BCUT2D eigenvalue weighted by atomic mass is 16.8. The number of amides is 1. The Hall–Kier alpha value is -1.92. The predicted molar refractivity (Wildman–Crippen MR) is 76.1 cm³/mol. The van der Waals surface area contributed by atoms with E-state index >= 15 is 0 Å². The summed E-state index contributed by atoms with van der Waals surface area (Å²) in [6.07, 6.45) is 0.0834. The molecule has 1 spiro atoms. The highest BCUT2D eigenvalue weighted by Gasteiger charge is 2.61. The van der Waals surface area contributed by atoms with Crippen LogP contribution in [0.1, 0.15) is 25.8 Å². The molecule has 1 aromatic carbocycles. The van der Waals surface area contributed by atoms with Crippen molar-refractivity contribution < 1.29 is 23.8 Å². The molecule has 2 saturated heterocycles. The van der Waals surface area contributed by atoms with E-state index in [1.165, 1.54) is 4.90 Å². The van der Waals surface area contributed by atoms with E-state index in [-0.39, 0.29) is 24.1 Å². The summed E-state index contributed by atoms with van der Waals surface area (Å²) >= 11 is 0. The maximum absolute atomic E-state index is 13.1. The second kappa shape index (κ2) is 4.54. The molecule has 0 N–H and O–H groups in total. The van der Waals surface area contributed by atoms with Crippen molar-refractivity contribution in [3.63, 3.8) is 0 Å². The van der Waals surface area contributed by atoms with E-state index in [0.29, 0.717) is 24.3 Å². The number of esters is 1. The number of rotatable bonds is 1. The van der Waals surface area contributed by atoms with Crippen molar-refractivity contribution in [1.82, 2.24) is 0 Å². The minimum absolute atomic E-state index is 0.201. The van der Waals surface area contributed by atoms with Gasteiger partial charge in [0.25, 0.3) is 11.7 Å². The van der Waals surface area contributed by atoms with Gasteiger partial charge in [-0.25, -0.2) is 4.79 Å². The van der Waals surface area contributed by atoms with Crippen LogP contribution >= 0.6 is 0 Å². The van der Waals surface area contributed by atoms with E-state index < -0.39 is 11.8 Å². The summed E-state index contributed by atoms with van der Waals surface area (Å²) in [5.74, 6) is -2.15. The molecule has 1 amide bonds. The lowest BCUT2D eigenvalue weighted by Gasteiger charge is -2.25. The Morgan fingerprint density at radius 3 is 2.45 bits per heavy atom. The van der Waals surface area contributed by atoms with E-state index in [9.17, 15) is 9.59 Å². The van der Waals surface area contributed by atoms with Crippen molar-refractivity contribution in [3.05, 3.63) is 29.8 Å². The Morgan fingerprint density at radius 1 is 1.14 bits per heavy atom. The summed E-state index contributed by atoms with van der Waals surface area (Å²) in [5, 5.41) is 0. The molecule has 0 saturated carbocycles. The third-order valence-electron chi connectivity index (χ3n) is 4.60. The lowest BCUT2D eigenvalue weighted by molar-refractivity contribution is -0.189. The number of carbonyl (C=O) groups excluding carboxylic acids is 2. The van der Waals surface area contributed by atoms with Crippen LogP contribution in [0.2, 0.25) is 0 Å². The predicted octanol–water partition coefficient (Wildman–Crippen LogP) is 1.33. The third kappa shape index (κ3) is 1.62. The van der Waals surface area contributed by atoms with Crippen LogP contribution < -0.4 is 4.90 Å². The van der Waals surface area contributed by atoms with Crippen LogP contribution in [0.15, 0.2) is 24.3 Å². The first-order chi connectivity index (χ1) is 10.5. The van der Waals surface area contributed by atoms with Gasteiger partial charge in [0, 0.05) is 12.0 Å². The van der Waals surface area contributed by atoms with Gasteiger partial charge in [0.05, 0.1) is 24.5 Å². The van der Waals surface area contributed by atoms with E-state index in [0.717, 1.165) is 0 Å². The summed E-state index contributed by atoms with van der Waals surface area (Å²) in [6, 6.07) is 6.70. The molecule has 4 rings (SSSR count). The topological polar surface area (TPSA) is 65.1 Å². The largest absolute Gasteiger partial charge is 0.464 e. The number of cyclic esters (lactones) is 1. The van der Waals surface area contributed by atoms with Crippen LogP contribution in [-0.2, 0) is 29.6 Å². The van der Waals surface area contributed by atoms with Crippen LogP contribution in [0.5, 0.6) is 0 Å². The number of nitrogens with zero attached hydrogens (tertiary/aromatic N) is 1. The van der Waals surface area contributed by atoms with Crippen molar-refractivity contribution in [1.29, 1.82) is 0 Å². The first-order valence-electron chi connectivity index (χ1n) is 7.50. The minimum Gasteiger partial charge on any atom is -0.464 e. The number of anilines is 1. The standard InChI is InChI=1S/C16H17NO5/c1-9-10(2)22-16(21-9)11-5-3-4-6-12(11)17(15(16)19)13-7-8-20-14(13)18/h3-6,9-10,13H,7-8H2,1-2H3. The minimum atomic E-state index is -1.43. The molecule has 0 bridgehead atoms. The SMILES string of the molecule is CC1OC2(OC1C)C(=O)N(C1CCOC1=O)c1ccccc12. The van der Waals surface area contributed by atoms with Gasteiger partial charge in [-0.15, -0.1) is 0 Å². The van der Waals surface area contributed by atoms with Gasteiger partial charge in [0.2, 0.25) is 0 Å². The average Bonchev–Trinajstić information content (AvgIpc) is 3.11. The molecule has 0 aromatic heterocycles. The Balaban J connectivity index is 1.84. The van der Waals surface area contributed by atoms with E-state index in [1.807, 2.05) is 38.1 Å². The number of fused-ring (bicyclic) bond motifs is 2. The van der Waals surface area contributed by atoms with Crippen LogP contribution in [0.4, 0.5) is 5.69 Å². The van der Waals surface area contributed by atoms with Gasteiger partial charge < -0.3 is 14.2 Å². The van der Waals surface area contributed by atoms with Gasteiger partial charge in [-0.3, -0.25) is 9.69 Å². The first kappa shape index (κ1) is 13.7. The fraction of sp³-hybridized carbons (Fsp3) is 0.500. The Kier molecular flexibility index (Phi) is 2.83. The third-order valence-corrected chi connectivity index (χ3v) is 4.60. The molecule has 6 nitrogen and oxygen atoms in total. The highest BCUT2D eigenvalue weighted by Crippen LogP contribution is 2.49. The molecule has 22 heavy (non-hydrogen) atoms. The summed E-state index contributed by atoms with van der Waals surface area (Å²) in [4.78, 5) is 26.5. The molecular formula is C16H17NO5. The average molecular weight is 303 g/mol. The lowest BCUT2D eigenvalue weighted by Crippen LogP contribution is -2.47. The second-order valence-corrected chi connectivity index (χ2v) is 5.93. The maximum Gasteiger partial charge on any atom is 0.329 e. The van der Waals surface area contributed by atoms with Crippen LogP contribution in [0.3, 0.4) is 0 Å². The molecule has 3 unspecified atom stereocenters. The quantitative estimate of drug-likeness (QED) is 0.732. The van der Waals surface area contributed by atoms with Crippen LogP contribution in [0.25, 0.3) is 0 Å². The fourth-order valence-electron chi connectivity index (χ4n) is 3.35. The second-order valence-electron chi connectivity index (χ2n) is 5.93. The molecule has 3 atom stereocenters. The van der Waals surface area contributed by atoms with E-state index in [2.05, 4.69) is 0 Å². The van der Waals surface area contributed by atoms with Gasteiger partial charge in [-0.2, -0.15) is 0 Å². The summed E-state index contributed by atoms with van der Waals surface area (Å²) in [5.41, 5.74) is 1.33. The van der Waals surface area contributed by atoms with E-state index in [4.69, 9.17) is 14.2 Å². The van der Waals surface area contributed by atoms with Gasteiger partial charge in [0.1, 0.15) is 6.04 Å². The number of hydrogen-bond donors (Lipinski definition) is 0. The zero-order valence-electron chi connectivity index (χ0n) is 12.4. The maximum atomic E-state index is 13.1. The lowest BCUT2D eigenvalue weighted by atomic mass is 10.1. The zero-order valence-corrected chi connectivity index (χ0v) is 12.4. The molecule has 3 aliphatic heterocycles. The smallest absolute Gasteiger partial charge is 0.329 e. The first-order valence-corrected chi connectivity index (χ1v) is 7.50. The molecule has 2 fully saturated rings. The normalized spacial score (nSPS) is 37.0. The van der Waals surface area contributed by atoms with E-state index in [1.54, 1.807) is 0 Å². The van der Waals surface area contributed by atoms with Gasteiger partial charge in [-0.05, 0) is 19.9 Å². The number of carbonyl (C=O) groups is 2. The molecule has 3 heterocycles. The summed E-state index contributed by atoms with van der Waals surface area (Å²) < 4.78 is 16.9. The Bertz CT molecular complexity index is 648. The van der Waals surface area contributed by atoms with Crippen molar-refractivity contribution in [2.24, 2.45) is 0 Å². The van der Waals surface area contributed by atoms with Crippen molar-refractivity contribution in [2.75, 3.05) is 11.5 Å². The van der Waals surface area contributed by atoms with Crippen molar-refractivity contribution in [2.45, 2.75) is 44.3 Å². The molecule has 116 valence electrons. The van der Waals surface area contributed by atoms with Crippen molar-refractivity contribution in [3.8, 4) is 0 Å². The van der Waals surface area contributed by atoms with Crippen molar-refractivity contribution >= 4 is 17.6 Å². The Morgan fingerprint density at radius 2 is 1.82 bits per heavy atom. The molecule has 6 heteroatoms. The van der Waals surface area contributed by atoms with Gasteiger partial charge >= 0.3 is 5.97 Å². The van der Waals surface area contributed by atoms with Crippen LogP contribution in [-0.4, -0.2) is 36.7 Å². The number of benzene rings is 1. The molecule has 1 aromatic rings. The number of ether oxygens (including phenoxy) is 3. The number of hydrogen-bond acceptors (Lipinski definition) is 5. The fourth-order valence-corrected chi connectivity index (χ4v) is 3.35. The van der Waals surface area contributed by atoms with Gasteiger partial charge in [0.15, 0.2) is 0 Å². The molecule has 0 aliphatic carbocycles. The summed E-state index contributed by atoms with van der Waals surface area (Å²) in [7, 11) is 0. The number of para-hydroxylation sites is 1. The molecule has 3 aliphatic rings. The van der Waals surface area contributed by atoms with Gasteiger partial charge in [-0.1, -0.05) is 18.2 Å². The zero-order chi connectivity index (χ0) is 15.5.